The number of hydrogen-bond acceptors (Lipinski definition) is 7. The number of carbonyl (C=O) groups is 2. The minimum atomic E-state index is -0.561. The first-order valence-corrected chi connectivity index (χ1v) is 10.8. The first kappa shape index (κ1) is 22.9. The Morgan fingerprint density at radius 2 is 1.64 bits per heavy atom. The van der Waals surface area contributed by atoms with E-state index in [0.29, 0.717) is 26.1 Å². The van der Waals surface area contributed by atoms with Crippen LogP contribution >= 0.6 is 0 Å². The van der Waals surface area contributed by atoms with E-state index in [9.17, 15) is 14.7 Å². The Morgan fingerprint density at radius 3 is 2.27 bits per heavy atom. The number of likely N-dealkylation sites (tertiary alicyclic amines) is 1. The maximum absolute atomic E-state index is 13.5. The van der Waals surface area contributed by atoms with Crippen molar-refractivity contribution in [3.63, 3.8) is 0 Å². The second-order valence-corrected chi connectivity index (χ2v) is 8.04. The van der Waals surface area contributed by atoms with Gasteiger partial charge in [-0.05, 0) is 24.0 Å². The molecule has 2 heterocycles. The average Bonchev–Trinajstić information content (AvgIpc) is 3.48. The fourth-order valence-electron chi connectivity index (χ4n) is 4.32. The third-order valence-electron chi connectivity index (χ3n) is 5.91. The van der Waals surface area contributed by atoms with Crippen molar-refractivity contribution in [3.8, 4) is 17.2 Å². The maximum atomic E-state index is 13.5. The van der Waals surface area contributed by atoms with Crippen LogP contribution in [0, 0.1) is 0 Å². The summed E-state index contributed by atoms with van der Waals surface area (Å²) in [6.07, 6.45) is 1.31. The van der Waals surface area contributed by atoms with Crippen molar-refractivity contribution >= 4 is 11.8 Å². The number of hydrogen-bond donors (Lipinski definition) is 1. The molecule has 176 valence electrons. The maximum Gasteiger partial charge on any atom is 0.258 e. The molecule has 9 nitrogen and oxygen atoms in total. The molecular weight excluding hydrogens is 428 g/mol. The predicted molar refractivity (Wildman–Crippen MR) is 118 cm³/mol. The van der Waals surface area contributed by atoms with Gasteiger partial charge in [0.1, 0.15) is 11.8 Å². The smallest absolute Gasteiger partial charge is 0.258 e. The average molecular weight is 456 g/mol. The first-order chi connectivity index (χ1) is 16.0. The van der Waals surface area contributed by atoms with E-state index >= 15 is 0 Å². The summed E-state index contributed by atoms with van der Waals surface area (Å²) in [7, 11) is 2.92. The summed E-state index contributed by atoms with van der Waals surface area (Å²) in [5.41, 5.74) is 2.40. The Bertz CT molecular complexity index is 1000. The zero-order valence-electron chi connectivity index (χ0n) is 18.8. The van der Waals surface area contributed by atoms with Crippen molar-refractivity contribution in [2.45, 2.75) is 32.0 Å². The minimum absolute atomic E-state index is 0.0688. The van der Waals surface area contributed by atoms with Gasteiger partial charge in [0.2, 0.25) is 5.91 Å². The number of fused-ring (bicyclic) bond motifs is 1. The number of rotatable bonds is 8. The highest BCUT2D eigenvalue weighted by molar-refractivity contribution is 6.00. The van der Waals surface area contributed by atoms with Gasteiger partial charge in [0.15, 0.2) is 25.1 Å². The molecular formula is C24H28N2O7. The number of ether oxygens (including phenoxy) is 4. The molecule has 4 rings (SSSR count). The van der Waals surface area contributed by atoms with Gasteiger partial charge in [0.05, 0.1) is 5.56 Å². The number of phenolic OH excluding ortho intramolecular Hbond substituents is 1. The van der Waals surface area contributed by atoms with E-state index < -0.39 is 6.04 Å². The highest BCUT2D eigenvalue weighted by Crippen LogP contribution is 2.36. The molecule has 1 fully saturated rings. The van der Waals surface area contributed by atoms with Crippen LogP contribution in [0.4, 0.5) is 0 Å². The van der Waals surface area contributed by atoms with Crippen LogP contribution in [0.5, 0.6) is 17.2 Å². The molecule has 2 aliphatic heterocycles. The normalized spacial score (nSPS) is 17.2. The molecule has 0 aromatic heterocycles. The summed E-state index contributed by atoms with van der Waals surface area (Å²) in [4.78, 5) is 30.2. The van der Waals surface area contributed by atoms with Gasteiger partial charge in [-0.3, -0.25) is 9.59 Å². The molecule has 1 saturated heterocycles. The van der Waals surface area contributed by atoms with Crippen LogP contribution in [0.3, 0.4) is 0 Å². The minimum Gasteiger partial charge on any atom is -0.504 e. The molecule has 2 amide bonds. The summed E-state index contributed by atoms with van der Waals surface area (Å²) >= 11 is 0. The fourth-order valence-corrected chi connectivity index (χ4v) is 4.32. The van der Waals surface area contributed by atoms with E-state index in [0.717, 1.165) is 17.5 Å². The Hall–Kier alpha value is -3.30. The molecule has 0 unspecified atom stereocenters. The number of amides is 2. The summed E-state index contributed by atoms with van der Waals surface area (Å²) in [6.45, 7) is 1.36. The van der Waals surface area contributed by atoms with Gasteiger partial charge in [-0.1, -0.05) is 24.3 Å². The van der Waals surface area contributed by atoms with E-state index in [2.05, 4.69) is 0 Å². The van der Waals surface area contributed by atoms with Crippen molar-refractivity contribution in [3.05, 3.63) is 53.1 Å². The Kier molecular flexibility index (Phi) is 7.00. The fraction of sp³-hybridized carbons (Fsp3) is 0.417. The molecule has 0 aliphatic carbocycles. The molecule has 1 atom stereocenters. The second kappa shape index (κ2) is 10.1. The van der Waals surface area contributed by atoms with E-state index in [-0.39, 0.29) is 48.2 Å². The molecule has 0 spiro atoms. The van der Waals surface area contributed by atoms with Crippen LogP contribution in [0.2, 0.25) is 0 Å². The predicted octanol–water partition coefficient (Wildman–Crippen LogP) is 2.50. The quantitative estimate of drug-likeness (QED) is 0.610. The van der Waals surface area contributed by atoms with Crippen molar-refractivity contribution < 1.29 is 33.6 Å². The number of phenols is 1. The standard InChI is InChI=1S/C24H28N2O7/c1-30-14-32-21-11-22(33-15-31-2)20(27)10-18(21)23(28)26-9-5-8-19(26)24(29)25-12-16-6-3-4-7-17(16)13-25/h3-4,6-7,10-11,19,27H,5,8-9,12-15H2,1-2H3/t19-/m1/s1. The second-order valence-electron chi connectivity index (χ2n) is 8.04. The van der Waals surface area contributed by atoms with E-state index in [1.54, 1.807) is 9.80 Å². The van der Waals surface area contributed by atoms with Gasteiger partial charge >= 0.3 is 0 Å². The van der Waals surface area contributed by atoms with Crippen molar-refractivity contribution in [1.82, 2.24) is 9.80 Å². The van der Waals surface area contributed by atoms with Crippen LogP contribution in [0.1, 0.15) is 34.3 Å². The van der Waals surface area contributed by atoms with Gasteiger partial charge in [-0.2, -0.15) is 0 Å². The lowest BCUT2D eigenvalue weighted by atomic mass is 10.1. The third kappa shape index (κ3) is 4.74. The Balaban J connectivity index is 1.56. The highest BCUT2D eigenvalue weighted by atomic mass is 16.7. The van der Waals surface area contributed by atoms with Gasteiger partial charge < -0.3 is 33.9 Å². The summed E-state index contributed by atoms with van der Waals surface area (Å²) in [6, 6.07) is 10.1. The molecule has 33 heavy (non-hydrogen) atoms. The molecule has 0 saturated carbocycles. The number of nitrogens with zero attached hydrogens (tertiary/aromatic N) is 2. The van der Waals surface area contributed by atoms with E-state index in [4.69, 9.17) is 18.9 Å². The zero-order valence-corrected chi connectivity index (χ0v) is 18.8. The lowest BCUT2D eigenvalue weighted by Gasteiger charge is -2.28. The highest BCUT2D eigenvalue weighted by Gasteiger charge is 2.39. The Morgan fingerprint density at radius 1 is 1.00 bits per heavy atom. The number of aromatic hydroxyl groups is 1. The number of methoxy groups -OCH3 is 2. The molecule has 2 aromatic carbocycles. The van der Waals surface area contributed by atoms with Crippen molar-refractivity contribution in [2.75, 3.05) is 34.4 Å². The van der Waals surface area contributed by atoms with Gasteiger partial charge in [-0.15, -0.1) is 0 Å². The van der Waals surface area contributed by atoms with Crippen LogP contribution in [0.25, 0.3) is 0 Å². The summed E-state index contributed by atoms with van der Waals surface area (Å²) in [5.74, 6) is -0.374. The molecule has 2 aliphatic rings. The molecule has 1 N–H and O–H groups in total. The van der Waals surface area contributed by atoms with Crippen LogP contribution < -0.4 is 9.47 Å². The zero-order chi connectivity index (χ0) is 23.4. The largest absolute Gasteiger partial charge is 0.504 e. The van der Waals surface area contributed by atoms with Crippen LogP contribution in [0.15, 0.2) is 36.4 Å². The van der Waals surface area contributed by atoms with Crippen molar-refractivity contribution in [1.29, 1.82) is 0 Å². The summed E-state index contributed by atoms with van der Waals surface area (Å²) in [5, 5.41) is 10.4. The van der Waals surface area contributed by atoms with Crippen LogP contribution in [-0.2, 0) is 27.4 Å². The van der Waals surface area contributed by atoms with Crippen molar-refractivity contribution in [2.24, 2.45) is 0 Å². The topological polar surface area (TPSA) is 97.8 Å². The van der Waals surface area contributed by atoms with E-state index in [1.807, 2.05) is 24.3 Å². The van der Waals surface area contributed by atoms with Crippen LogP contribution in [-0.4, -0.2) is 67.1 Å². The Labute approximate surface area is 192 Å². The lowest BCUT2D eigenvalue weighted by Crippen LogP contribution is -2.46. The van der Waals surface area contributed by atoms with Gasteiger partial charge in [0, 0.05) is 46.0 Å². The SMILES string of the molecule is COCOc1cc(OCOC)c(C(=O)N2CCC[C@@H]2C(=O)N2Cc3ccccc3C2)cc1O. The lowest BCUT2D eigenvalue weighted by molar-refractivity contribution is -0.135. The number of carbonyl (C=O) groups excluding carboxylic acids is 2. The van der Waals surface area contributed by atoms with Gasteiger partial charge in [-0.25, -0.2) is 0 Å². The van der Waals surface area contributed by atoms with Gasteiger partial charge in [0.25, 0.3) is 5.91 Å². The number of benzene rings is 2. The monoisotopic (exact) mass is 456 g/mol. The molecule has 0 bridgehead atoms. The molecule has 0 radical (unpaired) electrons. The van der Waals surface area contributed by atoms with E-state index in [1.165, 1.54) is 26.4 Å². The molecule has 2 aromatic rings. The summed E-state index contributed by atoms with van der Waals surface area (Å²) < 4.78 is 20.8. The molecule has 9 heteroatoms. The first-order valence-electron chi connectivity index (χ1n) is 10.8. The third-order valence-corrected chi connectivity index (χ3v) is 5.91.